The highest BCUT2D eigenvalue weighted by Crippen LogP contribution is 2.37. The lowest BCUT2D eigenvalue weighted by molar-refractivity contribution is 1.25. The van der Waals surface area contributed by atoms with Crippen LogP contribution in [0.1, 0.15) is 11.1 Å². The third-order valence-electron chi connectivity index (χ3n) is 5.08. The summed E-state index contributed by atoms with van der Waals surface area (Å²) < 4.78 is 0. The number of aromatic nitrogens is 3. The molecule has 0 bridgehead atoms. The molecule has 5 heterocycles. The second-order valence-electron chi connectivity index (χ2n) is 7.08. The minimum Gasteiger partial charge on any atom is -0.263 e. The van der Waals surface area contributed by atoms with Crippen molar-refractivity contribution in [2.75, 3.05) is 0 Å². The number of hydrogen-bond donors (Lipinski definition) is 0. The first kappa shape index (κ1) is 22.2. The molecule has 5 aromatic heterocycles. The molecule has 0 aliphatic rings. The van der Waals surface area contributed by atoms with E-state index in [1.165, 1.54) is 22.7 Å². The molecule has 5 rings (SSSR count). The molecule has 0 spiro atoms. The molecule has 5 nitrogen and oxygen atoms in total. The number of pyridine rings is 3. The quantitative estimate of drug-likeness (QED) is 0.228. The summed E-state index contributed by atoms with van der Waals surface area (Å²) in [5.74, 6) is 0. The van der Waals surface area contributed by atoms with Crippen LogP contribution in [0.25, 0.3) is 43.4 Å². The zero-order valence-electron chi connectivity index (χ0n) is 17.2. The lowest BCUT2D eigenvalue weighted by atomic mass is 10.0. The molecular formula is C25H11Cl2N5S2. The molecular weight excluding hydrogens is 505 g/mol. The first-order valence-corrected chi connectivity index (χ1v) is 12.4. The van der Waals surface area contributed by atoms with Crippen LogP contribution in [0.15, 0.2) is 65.6 Å². The Morgan fingerprint density at radius 2 is 1.18 bits per heavy atom. The van der Waals surface area contributed by atoms with Crippen LogP contribution in [0.5, 0.6) is 0 Å². The fraction of sp³-hybridized carbons (Fsp3) is 0. The summed E-state index contributed by atoms with van der Waals surface area (Å²) in [5.41, 5.74) is 4.69. The number of rotatable bonds is 4. The summed E-state index contributed by atoms with van der Waals surface area (Å²) in [4.78, 5) is 15.1. The fourth-order valence-electron chi connectivity index (χ4n) is 3.51. The Morgan fingerprint density at radius 1 is 0.706 bits per heavy atom. The molecule has 0 unspecified atom stereocenters. The first-order chi connectivity index (χ1) is 16.6. The van der Waals surface area contributed by atoms with E-state index in [4.69, 9.17) is 23.2 Å². The molecule has 0 fully saturated rings. The average Bonchev–Trinajstić information content (AvgIpc) is 3.58. The number of thiophene rings is 2. The van der Waals surface area contributed by atoms with Crippen LogP contribution in [0.4, 0.5) is 0 Å². The molecule has 0 saturated carbocycles. The summed E-state index contributed by atoms with van der Waals surface area (Å²) in [6, 6.07) is 17.6. The van der Waals surface area contributed by atoms with Crippen molar-refractivity contribution in [3.8, 4) is 55.5 Å². The largest absolute Gasteiger partial charge is 0.263 e. The zero-order valence-corrected chi connectivity index (χ0v) is 20.3. The van der Waals surface area contributed by atoms with Gasteiger partial charge in [0.15, 0.2) is 0 Å². The van der Waals surface area contributed by atoms with Gasteiger partial charge < -0.3 is 0 Å². The van der Waals surface area contributed by atoms with Gasteiger partial charge in [-0.2, -0.15) is 10.5 Å². The van der Waals surface area contributed by atoms with Crippen LogP contribution in [0, 0.1) is 22.7 Å². The second kappa shape index (κ2) is 9.34. The van der Waals surface area contributed by atoms with Crippen molar-refractivity contribution in [1.29, 1.82) is 10.5 Å². The summed E-state index contributed by atoms with van der Waals surface area (Å²) in [6.45, 7) is 0. The molecule has 9 heteroatoms. The van der Waals surface area contributed by atoms with Crippen LogP contribution in [0.2, 0.25) is 10.3 Å². The van der Waals surface area contributed by atoms with E-state index in [0.29, 0.717) is 33.6 Å². The summed E-state index contributed by atoms with van der Waals surface area (Å²) in [6.07, 6.45) is 3.36. The van der Waals surface area contributed by atoms with Gasteiger partial charge >= 0.3 is 0 Å². The molecule has 0 aliphatic heterocycles. The van der Waals surface area contributed by atoms with E-state index in [2.05, 4.69) is 27.1 Å². The van der Waals surface area contributed by atoms with E-state index in [1.807, 2.05) is 53.2 Å². The highest BCUT2D eigenvalue weighted by molar-refractivity contribution is 7.13. The SMILES string of the molecule is N#Cc1c(-c2cccs2)cc(-c2cncc(-c3cc(-c4cccs4)c(C#N)c(Cl)n3)c2)nc1Cl. The van der Waals surface area contributed by atoms with E-state index in [0.717, 1.165) is 20.9 Å². The molecule has 162 valence electrons. The standard InChI is InChI=1S/C25H11Cl2N5S2/c26-24-18(10-28)16(22-3-1-5-33-22)8-20(31-24)14-7-15(13-30-12-14)21-9-17(23-4-2-6-34-23)19(11-29)25(27)32-21/h1-9,12-13H. The molecule has 0 amide bonds. The van der Waals surface area contributed by atoms with Crippen molar-refractivity contribution >= 4 is 45.9 Å². The Morgan fingerprint density at radius 3 is 1.56 bits per heavy atom. The van der Waals surface area contributed by atoms with Crippen molar-refractivity contribution in [3.05, 3.63) is 87.1 Å². The maximum Gasteiger partial charge on any atom is 0.148 e. The van der Waals surface area contributed by atoms with Crippen molar-refractivity contribution in [2.24, 2.45) is 0 Å². The number of nitriles is 2. The third kappa shape index (κ3) is 4.07. The normalized spacial score (nSPS) is 10.6. The Bertz CT molecular complexity index is 1480. The van der Waals surface area contributed by atoms with Gasteiger partial charge in [-0.05, 0) is 41.1 Å². The van der Waals surface area contributed by atoms with Crippen LogP contribution < -0.4 is 0 Å². The molecule has 0 atom stereocenters. The van der Waals surface area contributed by atoms with Gasteiger partial charge in [0.1, 0.15) is 22.4 Å². The van der Waals surface area contributed by atoms with E-state index in [-0.39, 0.29) is 10.3 Å². The minimum absolute atomic E-state index is 0.133. The second-order valence-corrected chi connectivity index (χ2v) is 9.69. The Hall–Kier alpha value is -3.59. The van der Waals surface area contributed by atoms with Gasteiger partial charge in [0, 0.05) is 44.4 Å². The van der Waals surface area contributed by atoms with Crippen LogP contribution >= 0.6 is 45.9 Å². The van der Waals surface area contributed by atoms with Gasteiger partial charge in [-0.1, -0.05) is 35.3 Å². The topological polar surface area (TPSA) is 86.2 Å². The van der Waals surface area contributed by atoms with Gasteiger partial charge in [0.05, 0.1) is 22.5 Å². The lowest BCUT2D eigenvalue weighted by Crippen LogP contribution is -1.95. The van der Waals surface area contributed by atoms with Gasteiger partial charge in [-0.3, -0.25) is 4.98 Å². The predicted octanol–water partition coefficient (Wildman–Crippen LogP) is 7.71. The van der Waals surface area contributed by atoms with Gasteiger partial charge in [0.25, 0.3) is 0 Å². The highest BCUT2D eigenvalue weighted by atomic mass is 35.5. The Labute approximate surface area is 213 Å². The molecule has 0 N–H and O–H groups in total. The van der Waals surface area contributed by atoms with E-state index < -0.39 is 0 Å². The Kier molecular flexibility index (Phi) is 6.10. The fourth-order valence-corrected chi connectivity index (χ4v) is 5.48. The predicted molar refractivity (Wildman–Crippen MR) is 137 cm³/mol. The number of nitrogens with zero attached hydrogens (tertiary/aromatic N) is 5. The van der Waals surface area contributed by atoms with Gasteiger partial charge in [-0.25, -0.2) is 9.97 Å². The Balaban J connectivity index is 1.64. The monoisotopic (exact) mass is 515 g/mol. The van der Waals surface area contributed by atoms with Crippen molar-refractivity contribution in [1.82, 2.24) is 15.0 Å². The minimum atomic E-state index is 0.133. The maximum atomic E-state index is 9.60. The van der Waals surface area contributed by atoms with E-state index in [1.54, 1.807) is 12.4 Å². The molecule has 0 radical (unpaired) electrons. The lowest BCUT2D eigenvalue weighted by Gasteiger charge is -2.10. The van der Waals surface area contributed by atoms with Crippen LogP contribution in [0.3, 0.4) is 0 Å². The molecule has 0 aromatic carbocycles. The molecule has 5 aromatic rings. The average molecular weight is 516 g/mol. The van der Waals surface area contributed by atoms with Crippen molar-refractivity contribution < 1.29 is 0 Å². The van der Waals surface area contributed by atoms with E-state index >= 15 is 0 Å². The summed E-state index contributed by atoms with van der Waals surface area (Å²) in [7, 11) is 0. The van der Waals surface area contributed by atoms with Crippen molar-refractivity contribution in [3.63, 3.8) is 0 Å². The van der Waals surface area contributed by atoms with Gasteiger partial charge in [0.2, 0.25) is 0 Å². The summed E-state index contributed by atoms with van der Waals surface area (Å²) >= 11 is 15.8. The summed E-state index contributed by atoms with van der Waals surface area (Å²) in [5, 5.41) is 23.4. The van der Waals surface area contributed by atoms with Crippen LogP contribution in [-0.4, -0.2) is 15.0 Å². The maximum absolute atomic E-state index is 9.60. The van der Waals surface area contributed by atoms with Gasteiger partial charge in [-0.15, -0.1) is 22.7 Å². The highest BCUT2D eigenvalue weighted by Gasteiger charge is 2.17. The zero-order chi connectivity index (χ0) is 23.7. The number of hydrogen-bond acceptors (Lipinski definition) is 7. The van der Waals surface area contributed by atoms with Crippen molar-refractivity contribution in [2.45, 2.75) is 0 Å². The molecule has 0 aliphatic carbocycles. The third-order valence-corrected chi connectivity index (χ3v) is 7.43. The van der Waals surface area contributed by atoms with Crippen LogP contribution in [-0.2, 0) is 0 Å². The first-order valence-electron chi connectivity index (χ1n) is 9.84. The number of halogens is 2. The molecule has 0 saturated heterocycles. The van der Waals surface area contributed by atoms with E-state index in [9.17, 15) is 10.5 Å². The molecule has 34 heavy (non-hydrogen) atoms. The smallest absolute Gasteiger partial charge is 0.148 e.